The molecular formula is C24H30F2N4O3. The van der Waals surface area contributed by atoms with Gasteiger partial charge in [0, 0.05) is 23.6 Å². The summed E-state index contributed by atoms with van der Waals surface area (Å²) in [5, 5.41) is 2.23. The van der Waals surface area contributed by atoms with Gasteiger partial charge in [-0.2, -0.15) is 0 Å². The lowest BCUT2D eigenvalue weighted by atomic mass is 9.85. The van der Waals surface area contributed by atoms with Crippen molar-refractivity contribution in [1.82, 2.24) is 20.0 Å². The number of rotatable bonds is 3. The van der Waals surface area contributed by atoms with Crippen molar-refractivity contribution >= 4 is 17.7 Å². The van der Waals surface area contributed by atoms with Crippen LogP contribution in [0.15, 0.2) is 6.07 Å². The second-order valence-electron chi connectivity index (χ2n) is 9.86. The predicted molar refractivity (Wildman–Crippen MR) is 116 cm³/mol. The van der Waals surface area contributed by atoms with E-state index in [-0.39, 0.29) is 47.9 Å². The first-order valence-electron chi connectivity index (χ1n) is 11.9. The molecule has 4 heterocycles. The first kappa shape index (κ1) is 22.4. The number of nitrogens with zero attached hydrogens (tertiary/aromatic N) is 3. The first-order chi connectivity index (χ1) is 15.8. The van der Waals surface area contributed by atoms with Crippen molar-refractivity contribution in [1.29, 1.82) is 0 Å². The maximum atomic E-state index is 15.6. The smallest absolute Gasteiger partial charge is 0.255 e. The Labute approximate surface area is 192 Å². The summed E-state index contributed by atoms with van der Waals surface area (Å²) >= 11 is 0. The second kappa shape index (κ2) is 8.76. The van der Waals surface area contributed by atoms with Crippen molar-refractivity contribution < 1.29 is 23.2 Å². The Hall–Kier alpha value is -2.39. The summed E-state index contributed by atoms with van der Waals surface area (Å²) < 4.78 is 30.7. The van der Waals surface area contributed by atoms with Crippen LogP contribution in [0.2, 0.25) is 0 Å². The molecule has 3 saturated heterocycles. The van der Waals surface area contributed by atoms with Crippen LogP contribution in [0.5, 0.6) is 0 Å². The van der Waals surface area contributed by atoms with Gasteiger partial charge in [-0.3, -0.25) is 19.7 Å². The molecule has 1 atom stereocenters. The zero-order valence-corrected chi connectivity index (χ0v) is 18.9. The molecule has 3 fully saturated rings. The van der Waals surface area contributed by atoms with E-state index < -0.39 is 29.5 Å². The van der Waals surface area contributed by atoms with Crippen LogP contribution in [0.4, 0.5) is 8.78 Å². The number of carbonyl (C=O) groups excluding carboxylic acids is 3. The quantitative estimate of drug-likeness (QED) is 0.699. The van der Waals surface area contributed by atoms with Gasteiger partial charge in [0.1, 0.15) is 17.7 Å². The lowest BCUT2D eigenvalue weighted by Gasteiger charge is -2.41. The Morgan fingerprint density at radius 1 is 0.970 bits per heavy atom. The SMILES string of the molecule is CN1CCC(N2CCC(c3c(F)cc4c(c3F)CN(C3CCC(=O)NC3=O)C4=O)CC2)CC1. The summed E-state index contributed by atoms with van der Waals surface area (Å²) in [5.41, 5.74) is 0.232. The summed E-state index contributed by atoms with van der Waals surface area (Å²) in [7, 11) is 2.13. The van der Waals surface area contributed by atoms with Crippen molar-refractivity contribution in [3.8, 4) is 0 Å². The van der Waals surface area contributed by atoms with Gasteiger partial charge in [-0.25, -0.2) is 8.78 Å². The molecule has 7 nitrogen and oxygen atoms in total. The molecule has 4 aliphatic rings. The molecule has 9 heteroatoms. The fourth-order valence-electron chi connectivity index (χ4n) is 5.94. The number of carbonyl (C=O) groups is 3. The van der Waals surface area contributed by atoms with Crippen molar-refractivity contribution in [3.63, 3.8) is 0 Å². The first-order valence-corrected chi connectivity index (χ1v) is 11.9. The third kappa shape index (κ3) is 4.05. The minimum Gasteiger partial charge on any atom is -0.322 e. The van der Waals surface area contributed by atoms with Crippen LogP contribution in [0.3, 0.4) is 0 Å². The van der Waals surface area contributed by atoms with Crippen LogP contribution in [-0.4, -0.2) is 77.7 Å². The molecule has 1 unspecified atom stereocenters. The molecule has 1 N–H and O–H groups in total. The average Bonchev–Trinajstić information content (AvgIpc) is 3.11. The number of imide groups is 1. The summed E-state index contributed by atoms with van der Waals surface area (Å²) in [4.78, 5) is 42.6. The topological polar surface area (TPSA) is 73.0 Å². The number of nitrogens with one attached hydrogen (secondary N) is 1. The molecule has 3 amide bonds. The van der Waals surface area contributed by atoms with Crippen molar-refractivity contribution in [2.45, 2.75) is 63.1 Å². The number of hydrogen-bond donors (Lipinski definition) is 1. The van der Waals surface area contributed by atoms with E-state index in [4.69, 9.17) is 0 Å². The van der Waals surface area contributed by atoms with Gasteiger partial charge in [-0.15, -0.1) is 0 Å². The van der Waals surface area contributed by atoms with Crippen LogP contribution in [0.1, 0.15) is 65.9 Å². The summed E-state index contributed by atoms with van der Waals surface area (Å²) in [6.07, 6.45) is 3.93. The molecule has 33 heavy (non-hydrogen) atoms. The third-order valence-corrected chi connectivity index (χ3v) is 7.90. The Bertz CT molecular complexity index is 984. The Balaban J connectivity index is 1.31. The highest BCUT2D eigenvalue weighted by Crippen LogP contribution is 2.38. The molecule has 0 saturated carbocycles. The highest BCUT2D eigenvalue weighted by molar-refractivity contribution is 6.05. The Morgan fingerprint density at radius 2 is 1.67 bits per heavy atom. The van der Waals surface area contributed by atoms with E-state index in [1.165, 1.54) is 4.90 Å². The molecule has 0 aliphatic carbocycles. The van der Waals surface area contributed by atoms with E-state index in [9.17, 15) is 14.4 Å². The van der Waals surface area contributed by atoms with Crippen molar-refractivity contribution in [3.05, 3.63) is 34.4 Å². The van der Waals surface area contributed by atoms with E-state index in [2.05, 4.69) is 22.2 Å². The number of likely N-dealkylation sites (tertiary alicyclic amines) is 2. The number of halogens is 2. The number of piperidine rings is 3. The Morgan fingerprint density at radius 3 is 2.33 bits per heavy atom. The van der Waals surface area contributed by atoms with Gasteiger partial charge in [-0.05, 0) is 77.3 Å². The molecule has 1 aromatic rings. The lowest BCUT2D eigenvalue weighted by Crippen LogP contribution is -2.52. The molecule has 5 rings (SSSR count). The number of hydrogen-bond acceptors (Lipinski definition) is 5. The molecule has 1 aromatic carbocycles. The van der Waals surface area contributed by atoms with E-state index in [1.54, 1.807) is 0 Å². The van der Waals surface area contributed by atoms with Crippen LogP contribution >= 0.6 is 0 Å². The maximum Gasteiger partial charge on any atom is 0.255 e. The Kier molecular flexibility index (Phi) is 5.95. The van der Waals surface area contributed by atoms with Crippen molar-refractivity contribution in [2.75, 3.05) is 33.2 Å². The largest absolute Gasteiger partial charge is 0.322 e. The standard InChI is InChI=1S/C24H30F2N4O3/c1-28-8-6-15(7-9-28)29-10-4-14(5-11-29)21-18(25)12-16-17(22(21)26)13-30(24(16)33)19-2-3-20(31)27-23(19)32/h12,14-15,19H,2-11,13H2,1H3,(H,27,31,32). The monoisotopic (exact) mass is 460 g/mol. The fraction of sp³-hybridized carbons (Fsp3) is 0.625. The number of fused-ring (bicyclic) bond motifs is 1. The highest BCUT2D eigenvalue weighted by Gasteiger charge is 2.42. The molecule has 0 spiro atoms. The third-order valence-electron chi connectivity index (χ3n) is 7.90. The summed E-state index contributed by atoms with van der Waals surface area (Å²) in [6.45, 7) is 3.72. The summed E-state index contributed by atoms with van der Waals surface area (Å²) in [5.74, 6) is -3.05. The molecule has 0 aromatic heterocycles. The van der Waals surface area contributed by atoms with Gasteiger partial charge >= 0.3 is 0 Å². The molecule has 4 aliphatic heterocycles. The van der Waals surface area contributed by atoms with Crippen LogP contribution in [0.25, 0.3) is 0 Å². The molecular weight excluding hydrogens is 430 g/mol. The van der Waals surface area contributed by atoms with Gasteiger partial charge in [0.25, 0.3) is 5.91 Å². The van der Waals surface area contributed by atoms with Gasteiger partial charge in [0.15, 0.2) is 0 Å². The molecule has 178 valence electrons. The highest BCUT2D eigenvalue weighted by atomic mass is 19.1. The number of amides is 3. The summed E-state index contributed by atoms with van der Waals surface area (Å²) in [6, 6.07) is 0.841. The zero-order valence-electron chi connectivity index (χ0n) is 18.9. The van der Waals surface area contributed by atoms with Crippen LogP contribution in [0, 0.1) is 11.6 Å². The van der Waals surface area contributed by atoms with Gasteiger partial charge in [-0.1, -0.05) is 0 Å². The van der Waals surface area contributed by atoms with E-state index in [0.717, 1.165) is 45.1 Å². The minimum absolute atomic E-state index is 0.0118. The minimum atomic E-state index is -0.841. The average molecular weight is 461 g/mol. The van der Waals surface area contributed by atoms with Gasteiger partial charge in [0.2, 0.25) is 11.8 Å². The van der Waals surface area contributed by atoms with Gasteiger partial charge < -0.3 is 14.7 Å². The zero-order chi connectivity index (χ0) is 23.3. The molecule has 0 bridgehead atoms. The van der Waals surface area contributed by atoms with E-state index >= 15 is 8.78 Å². The van der Waals surface area contributed by atoms with Crippen molar-refractivity contribution in [2.24, 2.45) is 0 Å². The normalized spacial score (nSPS) is 26.1. The molecule has 0 radical (unpaired) electrons. The van der Waals surface area contributed by atoms with E-state index in [0.29, 0.717) is 18.9 Å². The van der Waals surface area contributed by atoms with E-state index in [1.807, 2.05) is 0 Å². The fourth-order valence-corrected chi connectivity index (χ4v) is 5.94. The van der Waals surface area contributed by atoms with Crippen LogP contribution in [-0.2, 0) is 16.1 Å². The second-order valence-corrected chi connectivity index (χ2v) is 9.86. The predicted octanol–water partition coefficient (Wildman–Crippen LogP) is 2.00. The van der Waals surface area contributed by atoms with Gasteiger partial charge in [0.05, 0.1) is 12.1 Å². The lowest BCUT2D eigenvalue weighted by molar-refractivity contribution is -0.136. The van der Waals surface area contributed by atoms with Crippen LogP contribution < -0.4 is 5.32 Å². The maximum absolute atomic E-state index is 15.6. The number of benzene rings is 1.